The van der Waals surface area contributed by atoms with Crippen molar-refractivity contribution in [1.29, 1.82) is 0 Å². The van der Waals surface area contributed by atoms with E-state index in [1.54, 1.807) is 12.1 Å². The fourth-order valence-electron chi connectivity index (χ4n) is 1.79. The first-order chi connectivity index (χ1) is 9.06. The Balaban J connectivity index is 2.07. The highest BCUT2D eigenvalue weighted by molar-refractivity contribution is 5.88. The second-order valence-corrected chi connectivity index (χ2v) is 4.42. The van der Waals surface area contributed by atoms with E-state index in [9.17, 15) is 4.79 Å². The van der Waals surface area contributed by atoms with Gasteiger partial charge in [-0.15, -0.1) is 0 Å². The van der Waals surface area contributed by atoms with Crippen molar-refractivity contribution in [3.05, 3.63) is 59.1 Å². The molecule has 3 heteroatoms. The Bertz CT molecular complexity index is 600. The third kappa shape index (κ3) is 3.35. The predicted molar refractivity (Wildman–Crippen MR) is 74.0 cm³/mol. The average molecular weight is 256 g/mol. The second kappa shape index (κ2) is 5.57. The third-order valence-corrected chi connectivity index (χ3v) is 2.76. The Morgan fingerprint density at radius 2 is 1.79 bits per heavy atom. The number of benzene rings is 1. The summed E-state index contributed by atoms with van der Waals surface area (Å²) >= 11 is 0. The molecule has 0 bridgehead atoms. The normalized spacial score (nSPS) is 10.9. The fourth-order valence-corrected chi connectivity index (χ4v) is 1.79. The van der Waals surface area contributed by atoms with E-state index in [0.29, 0.717) is 11.5 Å². The summed E-state index contributed by atoms with van der Waals surface area (Å²) < 4.78 is 10.7. The highest BCUT2D eigenvalue weighted by atomic mass is 16.5. The van der Waals surface area contributed by atoms with Gasteiger partial charge in [0.15, 0.2) is 0 Å². The lowest BCUT2D eigenvalue weighted by atomic mass is 10.1. The summed E-state index contributed by atoms with van der Waals surface area (Å²) in [5, 5.41) is 0. The van der Waals surface area contributed by atoms with Crippen LogP contribution in [0.4, 0.5) is 0 Å². The van der Waals surface area contributed by atoms with Crippen LogP contribution in [0.3, 0.4) is 0 Å². The number of carbonyl (C=O) groups excluding carboxylic acids is 1. The second-order valence-electron chi connectivity index (χ2n) is 4.42. The van der Waals surface area contributed by atoms with Crippen LogP contribution < -0.4 is 4.74 Å². The molecule has 1 heterocycles. The molecule has 0 aliphatic carbocycles. The summed E-state index contributed by atoms with van der Waals surface area (Å²) in [5.74, 6) is 1.65. The van der Waals surface area contributed by atoms with Gasteiger partial charge in [-0.1, -0.05) is 18.2 Å². The van der Waals surface area contributed by atoms with Crippen molar-refractivity contribution >= 4 is 12.0 Å². The highest BCUT2D eigenvalue weighted by Gasteiger charge is 2.07. The number of rotatable bonds is 3. The van der Waals surface area contributed by atoms with Gasteiger partial charge in [-0.25, -0.2) is 4.79 Å². The molecule has 1 aromatic carbocycles. The van der Waals surface area contributed by atoms with Gasteiger partial charge in [0.25, 0.3) is 0 Å². The number of esters is 1. The van der Waals surface area contributed by atoms with E-state index < -0.39 is 5.97 Å². The van der Waals surface area contributed by atoms with Gasteiger partial charge >= 0.3 is 5.97 Å². The zero-order chi connectivity index (χ0) is 13.8. The first kappa shape index (κ1) is 13.1. The molecule has 0 N–H and O–H groups in total. The SMILES string of the molecule is Cc1ccc(C=CC(=O)Oc2c(C)cccc2C)o1. The summed E-state index contributed by atoms with van der Waals surface area (Å²) in [5.41, 5.74) is 1.88. The lowest BCUT2D eigenvalue weighted by Gasteiger charge is -2.08. The van der Waals surface area contributed by atoms with Crippen molar-refractivity contribution in [2.24, 2.45) is 0 Å². The molecular formula is C16H16O3. The molecule has 2 rings (SSSR count). The first-order valence-corrected chi connectivity index (χ1v) is 6.09. The fraction of sp³-hybridized carbons (Fsp3) is 0.188. The molecule has 0 saturated heterocycles. The van der Waals surface area contributed by atoms with Crippen LogP contribution in [-0.2, 0) is 4.79 Å². The predicted octanol–water partition coefficient (Wildman–Crippen LogP) is 3.82. The monoisotopic (exact) mass is 256 g/mol. The lowest BCUT2D eigenvalue weighted by molar-refractivity contribution is -0.129. The number of para-hydroxylation sites is 1. The van der Waals surface area contributed by atoms with Crippen molar-refractivity contribution < 1.29 is 13.9 Å². The first-order valence-electron chi connectivity index (χ1n) is 6.09. The number of carbonyl (C=O) groups is 1. The molecule has 0 radical (unpaired) electrons. The molecule has 0 amide bonds. The Hall–Kier alpha value is -2.29. The van der Waals surface area contributed by atoms with Gasteiger partial charge in [0.2, 0.25) is 0 Å². The smallest absolute Gasteiger partial charge is 0.336 e. The van der Waals surface area contributed by atoms with Crippen LogP contribution in [0.25, 0.3) is 6.08 Å². The Morgan fingerprint density at radius 1 is 1.11 bits per heavy atom. The minimum atomic E-state index is -0.411. The molecule has 0 atom stereocenters. The number of aryl methyl sites for hydroxylation is 3. The van der Waals surface area contributed by atoms with Crippen LogP contribution in [0, 0.1) is 20.8 Å². The molecule has 98 valence electrons. The van der Waals surface area contributed by atoms with E-state index in [2.05, 4.69) is 0 Å². The van der Waals surface area contributed by atoms with Crippen molar-refractivity contribution in [2.75, 3.05) is 0 Å². The summed E-state index contributed by atoms with van der Waals surface area (Å²) in [6, 6.07) is 9.41. The van der Waals surface area contributed by atoms with Gasteiger partial charge in [-0.3, -0.25) is 0 Å². The van der Waals surface area contributed by atoms with Gasteiger partial charge in [-0.05, 0) is 50.1 Å². The van der Waals surface area contributed by atoms with Crippen LogP contribution in [-0.4, -0.2) is 5.97 Å². The van der Waals surface area contributed by atoms with Crippen molar-refractivity contribution in [3.63, 3.8) is 0 Å². The molecule has 0 aliphatic rings. The van der Waals surface area contributed by atoms with Crippen molar-refractivity contribution in [1.82, 2.24) is 0 Å². The topological polar surface area (TPSA) is 39.4 Å². The maximum Gasteiger partial charge on any atom is 0.336 e. The van der Waals surface area contributed by atoms with Crippen LogP contribution >= 0.6 is 0 Å². The minimum absolute atomic E-state index is 0.411. The quantitative estimate of drug-likeness (QED) is 0.476. The largest absolute Gasteiger partial charge is 0.462 e. The average Bonchev–Trinajstić information content (AvgIpc) is 2.77. The van der Waals surface area contributed by atoms with Gasteiger partial charge in [0.1, 0.15) is 17.3 Å². The lowest BCUT2D eigenvalue weighted by Crippen LogP contribution is -2.06. The van der Waals surface area contributed by atoms with Gasteiger partial charge in [0, 0.05) is 6.08 Å². The maximum absolute atomic E-state index is 11.7. The van der Waals surface area contributed by atoms with Crippen molar-refractivity contribution in [3.8, 4) is 5.75 Å². The molecule has 3 nitrogen and oxygen atoms in total. The van der Waals surface area contributed by atoms with E-state index in [-0.39, 0.29) is 0 Å². The number of ether oxygens (including phenoxy) is 1. The Morgan fingerprint density at radius 3 is 2.37 bits per heavy atom. The molecule has 0 aliphatic heterocycles. The van der Waals surface area contributed by atoms with Gasteiger partial charge in [-0.2, -0.15) is 0 Å². The van der Waals surface area contributed by atoms with Gasteiger partial charge < -0.3 is 9.15 Å². The molecule has 0 saturated carbocycles. The Kier molecular flexibility index (Phi) is 3.85. The summed E-state index contributed by atoms with van der Waals surface area (Å²) in [4.78, 5) is 11.7. The molecular weight excluding hydrogens is 240 g/mol. The zero-order valence-corrected chi connectivity index (χ0v) is 11.3. The molecule has 0 unspecified atom stereocenters. The Labute approximate surface area is 112 Å². The molecule has 1 aromatic heterocycles. The number of hydrogen-bond donors (Lipinski definition) is 0. The molecule has 2 aromatic rings. The summed E-state index contributed by atoms with van der Waals surface area (Å²) in [6.45, 7) is 5.68. The van der Waals surface area contributed by atoms with Gasteiger partial charge in [0.05, 0.1) is 0 Å². The van der Waals surface area contributed by atoms with E-state index in [4.69, 9.17) is 9.15 Å². The number of furan rings is 1. The highest BCUT2D eigenvalue weighted by Crippen LogP contribution is 2.22. The minimum Gasteiger partial charge on any atom is -0.462 e. The van der Waals surface area contributed by atoms with Crippen LogP contribution in [0.5, 0.6) is 5.75 Å². The van der Waals surface area contributed by atoms with Crippen LogP contribution in [0.15, 0.2) is 40.8 Å². The maximum atomic E-state index is 11.7. The van der Waals surface area contributed by atoms with Crippen molar-refractivity contribution in [2.45, 2.75) is 20.8 Å². The molecule has 0 fully saturated rings. The molecule has 0 spiro atoms. The zero-order valence-electron chi connectivity index (χ0n) is 11.3. The molecule has 19 heavy (non-hydrogen) atoms. The summed E-state index contributed by atoms with van der Waals surface area (Å²) in [6.07, 6.45) is 2.97. The van der Waals surface area contributed by atoms with E-state index in [1.165, 1.54) is 6.08 Å². The standard InChI is InChI=1S/C16H16O3/c1-11-5-4-6-12(2)16(11)19-15(17)10-9-14-8-7-13(3)18-14/h4-10H,1-3H3. The van der Waals surface area contributed by atoms with Crippen LogP contribution in [0.1, 0.15) is 22.6 Å². The van der Waals surface area contributed by atoms with E-state index in [1.807, 2.05) is 45.0 Å². The number of hydrogen-bond acceptors (Lipinski definition) is 3. The van der Waals surface area contributed by atoms with Crippen LogP contribution in [0.2, 0.25) is 0 Å². The van der Waals surface area contributed by atoms with E-state index in [0.717, 1.165) is 16.9 Å². The van der Waals surface area contributed by atoms with E-state index >= 15 is 0 Å². The summed E-state index contributed by atoms with van der Waals surface area (Å²) in [7, 11) is 0. The third-order valence-electron chi connectivity index (χ3n) is 2.76.